The van der Waals surface area contributed by atoms with E-state index in [1.807, 2.05) is 32.0 Å². The molecule has 1 saturated heterocycles. The summed E-state index contributed by atoms with van der Waals surface area (Å²) in [6.45, 7) is 10.8. The molecule has 1 N–H and O–H groups in total. The number of hydrogen-bond donors (Lipinski definition) is 1. The number of likely N-dealkylation sites (tertiary alicyclic amines) is 1. The van der Waals surface area contributed by atoms with Crippen LogP contribution in [-0.4, -0.2) is 36.2 Å². The molecule has 4 heteroatoms. The van der Waals surface area contributed by atoms with Crippen LogP contribution in [0.1, 0.15) is 34.1 Å². The van der Waals surface area contributed by atoms with Gasteiger partial charge in [-0.15, -0.1) is 0 Å². The molecule has 2 rings (SSSR count). The molecule has 1 fully saturated rings. The Morgan fingerprint density at radius 2 is 2.05 bits per heavy atom. The fourth-order valence-electron chi connectivity index (χ4n) is 2.55. The van der Waals surface area contributed by atoms with Gasteiger partial charge < -0.3 is 10.1 Å². The monoisotopic (exact) mass is 296 g/mol. The van der Waals surface area contributed by atoms with Crippen molar-refractivity contribution < 1.29 is 4.74 Å². The van der Waals surface area contributed by atoms with Crippen molar-refractivity contribution in [2.45, 2.75) is 52.3 Å². The Morgan fingerprint density at radius 1 is 1.30 bits per heavy atom. The van der Waals surface area contributed by atoms with Crippen molar-refractivity contribution in [3.63, 3.8) is 0 Å². The lowest BCUT2D eigenvalue weighted by molar-refractivity contribution is 0.242. The van der Waals surface area contributed by atoms with E-state index in [-0.39, 0.29) is 6.10 Å². The molecule has 1 unspecified atom stereocenters. The molecule has 1 atom stereocenters. The summed E-state index contributed by atoms with van der Waals surface area (Å²) in [6, 6.07) is 7.07. The summed E-state index contributed by atoms with van der Waals surface area (Å²) < 4.78 is 5.65. The molecule has 1 heterocycles. The molecular formula is C16H25ClN2O. The first kappa shape index (κ1) is 15.5. The highest BCUT2D eigenvalue weighted by atomic mass is 35.5. The Balaban J connectivity index is 1.96. The van der Waals surface area contributed by atoms with Crippen molar-refractivity contribution in [2.24, 2.45) is 0 Å². The van der Waals surface area contributed by atoms with Crippen LogP contribution in [0.5, 0.6) is 5.75 Å². The highest BCUT2D eigenvalue weighted by molar-refractivity contribution is 6.32. The van der Waals surface area contributed by atoms with Crippen molar-refractivity contribution in [3.05, 3.63) is 23.2 Å². The second-order valence-electron chi connectivity index (χ2n) is 6.03. The van der Waals surface area contributed by atoms with E-state index in [0.29, 0.717) is 17.1 Å². The molecule has 0 aliphatic carbocycles. The van der Waals surface area contributed by atoms with Gasteiger partial charge in [0.25, 0.3) is 0 Å². The Kier molecular flexibility index (Phi) is 5.17. The lowest BCUT2D eigenvalue weighted by Gasteiger charge is -2.21. The minimum Gasteiger partial charge on any atom is -0.489 e. The normalized spacial score (nSPS) is 19.9. The lowest BCUT2D eigenvalue weighted by atomic mass is 10.2. The van der Waals surface area contributed by atoms with E-state index in [1.165, 1.54) is 6.42 Å². The fraction of sp³-hybridized carbons (Fsp3) is 0.625. The zero-order valence-electron chi connectivity index (χ0n) is 12.8. The van der Waals surface area contributed by atoms with Gasteiger partial charge in [0, 0.05) is 30.9 Å². The lowest BCUT2D eigenvalue weighted by Crippen LogP contribution is -2.31. The van der Waals surface area contributed by atoms with Gasteiger partial charge in [0.05, 0.1) is 11.1 Å². The molecule has 0 radical (unpaired) electrons. The Bertz CT molecular complexity index is 448. The van der Waals surface area contributed by atoms with Crippen LogP contribution in [0.3, 0.4) is 0 Å². The second kappa shape index (κ2) is 6.68. The third kappa shape index (κ3) is 4.03. The van der Waals surface area contributed by atoms with E-state index < -0.39 is 0 Å². The Hall–Kier alpha value is -0.930. The Labute approximate surface area is 127 Å². The summed E-state index contributed by atoms with van der Waals surface area (Å²) in [5, 5.41) is 4.23. The first-order chi connectivity index (χ1) is 9.45. The quantitative estimate of drug-likeness (QED) is 0.888. The van der Waals surface area contributed by atoms with E-state index in [1.54, 1.807) is 0 Å². The largest absolute Gasteiger partial charge is 0.489 e. The maximum Gasteiger partial charge on any atom is 0.138 e. The molecule has 1 aromatic carbocycles. The van der Waals surface area contributed by atoms with Crippen LogP contribution in [0.4, 0.5) is 5.69 Å². The predicted octanol–water partition coefficient (Wildman–Crippen LogP) is 4.02. The standard InChI is InChI=1S/C16H25ClN2O/c1-11(2)19-8-7-14(10-19)18-13-5-6-16(15(17)9-13)20-12(3)4/h5-6,9,11-12,14,18H,7-8,10H2,1-4H3. The predicted molar refractivity (Wildman–Crippen MR) is 86.0 cm³/mol. The number of anilines is 1. The van der Waals surface area contributed by atoms with Crippen LogP contribution in [0.25, 0.3) is 0 Å². The van der Waals surface area contributed by atoms with Gasteiger partial charge in [0.1, 0.15) is 5.75 Å². The van der Waals surface area contributed by atoms with Gasteiger partial charge in [-0.1, -0.05) is 11.6 Å². The molecule has 1 aliphatic heterocycles. The number of ether oxygens (including phenoxy) is 1. The van der Waals surface area contributed by atoms with E-state index in [4.69, 9.17) is 16.3 Å². The molecule has 0 bridgehead atoms. The number of halogens is 1. The summed E-state index contributed by atoms with van der Waals surface area (Å²) >= 11 is 6.26. The van der Waals surface area contributed by atoms with Crippen LogP contribution in [0.15, 0.2) is 18.2 Å². The molecule has 1 aromatic rings. The van der Waals surface area contributed by atoms with Crippen LogP contribution in [0, 0.1) is 0 Å². The number of nitrogens with zero attached hydrogens (tertiary/aromatic N) is 1. The maximum atomic E-state index is 6.26. The molecule has 20 heavy (non-hydrogen) atoms. The summed E-state index contributed by atoms with van der Waals surface area (Å²) in [6.07, 6.45) is 1.32. The van der Waals surface area contributed by atoms with Gasteiger partial charge in [0.2, 0.25) is 0 Å². The van der Waals surface area contributed by atoms with E-state index in [2.05, 4.69) is 24.1 Å². The molecule has 3 nitrogen and oxygen atoms in total. The zero-order chi connectivity index (χ0) is 14.7. The SMILES string of the molecule is CC(C)Oc1ccc(NC2CCN(C(C)C)C2)cc1Cl. The van der Waals surface area contributed by atoms with E-state index in [0.717, 1.165) is 24.5 Å². The number of rotatable bonds is 5. The van der Waals surface area contributed by atoms with Crippen molar-refractivity contribution in [1.29, 1.82) is 0 Å². The second-order valence-corrected chi connectivity index (χ2v) is 6.44. The molecule has 112 valence electrons. The summed E-state index contributed by atoms with van der Waals surface area (Å²) in [5.41, 5.74) is 1.07. The smallest absolute Gasteiger partial charge is 0.138 e. The minimum absolute atomic E-state index is 0.140. The number of nitrogens with one attached hydrogen (secondary N) is 1. The average molecular weight is 297 g/mol. The fourth-order valence-corrected chi connectivity index (χ4v) is 2.78. The summed E-state index contributed by atoms with van der Waals surface area (Å²) in [4.78, 5) is 2.50. The van der Waals surface area contributed by atoms with Crippen LogP contribution in [-0.2, 0) is 0 Å². The van der Waals surface area contributed by atoms with Gasteiger partial charge in [-0.05, 0) is 52.3 Å². The van der Waals surface area contributed by atoms with Gasteiger partial charge >= 0.3 is 0 Å². The first-order valence-electron chi connectivity index (χ1n) is 7.42. The average Bonchev–Trinajstić information content (AvgIpc) is 2.81. The highest BCUT2D eigenvalue weighted by Crippen LogP contribution is 2.29. The summed E-state index contributed by atoms with van der Waals surface area (Å²) in [7, 11) is 0. The van der Waals surface area contributed by atoms with Gasteiger partial charge in [0.15, 0.2) is 0 Å². The third-order valence-electron chi connectivity index (χ3n) is 3.62. The third-order valence-corrected chi connectivity index (χ3v) is 3.91. The summed E-state index contributed by atoms with van der Waals surface area (Å²) in [5.74, 6) is 0.752. The van der Waals surface area contributed by atoms with Crippen LogP contribution < -0.4 is 10.1 Å². The number of benzene rings is 1. The first-order valence-corrected chi connectivity index (χ1v) is 7.80. The minimum atomic E-state index is 0.140. The van der Waals surface area contributed by atoms with Gasteiger partial charge in [-0.25, -0.2) is 0 Å². The topological polar surface area (TPSA) is 24.5 Å². The van der Waals surface area contributed by atoms with Crippen LogP contribution in [0.2, 0.25) is 5.02 Å². The van der Waals surface area contributed by atoms with Crippen molar-refractivity contribution in [1.82, 2.24) is 4.90 Å². The van der Waals surface area contributed by atoms with Gasteiger partial charge in [-0.3, -0.25) is 4.90 Å². The van der Waals surface area contributed by atoms with E-state index >= 15 is 0 Å². The maximum absolute atomic E-state index is 6.26. The highest BCUT2D eigenvalue weighted by Gasteiger charge is 2.24. The van der Waals surface area contributed by atoms with Crippen LogP contribution >= 0.6 is 11.6 Å². The van der Waals surface area contributed by atoms with E-state index in [9.17, 15) is 0 Å². The van der Waals surface area contributed by atoms with Crippen molar-refractivity contribution in [3.8, 4) is 5.75 Å². The van der Waals surface area contributed by atoms with Gasteiger partial charge in [-0.2, -0.15) is 0 Å². The van der Waals surface area contributed by atoms with Crippen molar-refractivity contribution >= 4 is 17.3 Å². The number of hydrogen-bond acceptors (Lipinski definition) is 3. The molecule has 0 aromatic heterocycles. The molecular weight excluding hydrogens is 272 g/mol. The van der Waals surface area contributed by atoms with Crippen molar-refractivity contribution in [2.75, 3.05) is 18.4 Å². The molecule has 0 spiro atoms. The molecule has 0 saturated carbocycles. The zero-order valence-corrected chi connectivity index (χ0v) is 13.6. The molecule has 1 aliphatic rings. The molecule has 0 amide bonds. The Morgan fingerprint density at radius 3 is 2.60 bits per heavy atom.